The lowest BCUT2D eigenvalue weighted by Gasteiger charge is -2.31. The summed E-state index contributed by atoms with van der Waals surface area (Å²) in [6.07, 6.45) is 4.74. The number of aromatic nitrogens is 5. The maximum Gasteiger partial charge on any atom is 0.274 e. The molecule has 0 atom stereocenters. The highest BCUT2D eigenvalue weighted by molar-refractivity contribution is 6.07. The van der Waals surface area contributed by atoms with E-state index in [9.17, 15) is 14.7 Å². The van der Waals surface area contributed by atoms with Gasteiger partial charge in [-0.1, -0.05) is 12.1 Å². The van der Waals surface area contributed by atoms with Crippen LogP contribution in [0.4, 0.5) is 5.69 Å². The number of aliphatic hydroxyl groups is 1. The predicted octanol–water partition coefficient (Wildman–Crippen LogP) is 2.60. The molecule has 2 aliphatic heterocycles. The summed E-state index contributed by atoms with van der Waals surface area (Å²) in [7, 11) is 1.63. The van der Waals surface area contributed by atoms with Gasteiger partial charge >= 0.3 is 0 Å². The molecule has 3 aromatic heterocycles. The third-order valence-corrected chi connectivity index (χ3v) is 8.42. The number of hydrogen-bond donors (Lipinski definition) is 1. The Balaban J connectivity index is 1.25. The fourth-order valence-electron chi connectivity index (χ4n) is 6.46. The lowest BCUT2D eigenvalue weighted by Crippen LogP contribution is -2.41. The molecule has 1 aromatic carbocycles. The van der Waals surface area contributed by atoms with E-state index >= 15 is 0 Å². The molecule has 1 amide bonds. The fraction of sp³-hybridized carbons (Fsp3) is 0.400. The number of aliphatic hydroxyl groups excluding tert-OH is 1. The number of carbonyl (C=O) groups is 1. The second-order valence-corrected chi connectivity index (χ2v) is 10.8. The number of ether oxygens (including phenoxy) is 1. The van der Waals surface area contributed by atoms with Crippen molar-refractivity contribution in [1.29, 1.82) is 0 Å². The fourth-order valence-corrected chi connectivity index (χ4v) is 6.46. The third-order valence-electron chi connectivity index (χ3n) is 8.42. The van der Waals surface area contributed by atoms with E-state index in [4.69, 9.17) is 4.74 Å². The zero-order valence-corrected chi connectivity index (χ0v) is 22.6. The van der Waals surface area contributed by atoms with Gasteiger partial charge in [-0.15, -0.1) is 0 Å². The zero-order valence-electron chi connectivity index (χ0n) is 22.6. The van der Waals surface area contributed by atoms with Gasteiger partial charge in [-0.2, -0.15) is 10.2 Å². The second kappa shape index (κ2) is 9.87. The van der Waals surface area contributed by atoms with Crippen LogP contribution in [0.25, 0.3) is 11.3 Å². The van der Waals surface area contributed by atoms with Gasteiger partial charge in [-0.05, 0) is 55.5 Å². The number of rotatable bonds is 5. The number of nitrogens with zero attached hydrogens (tertiary/aromatic N) is 6. The Hall–Kier alpha value is -4.02. The standard InChI is InChI=1S/C30H32N6O4/c1-33-29(38)20(13-21-16-22-18-40-12-11-36(22)31-21)14-25(32-33)23-6-4-8-27(24(23)17-37)35-10-9-34-26-7-3-2-5-19(26)15-28(34)30(35)39/h4,6,8,14-16,37H,2-3,5,7,9-13,17-18H2,1H3. The molecule has 206 valence electrons. The lowest BCUT2D eigenvalue weighted by atomic mass is 9.98. The first kappa shape index (κ1) is 25.0. The molecule has 10 heteroatoms. The Labute approximate surface area is 231 Å². The molecule has 4 aromatic rings. The molecule has 0 fully saturated rings. The predicted molar refractivity (Wildman–Crippen MR) is 148 cm³/mol. The van der Waals surface area contributed by atoms with E-state index < -0.39 is 0 Å². The molecule has 40 heavy (non-hydrogen) atoms. The van der Waals surface area contributed by atoms with Gasteiger partial charge in [-0.25, -0.2) is 4.68 Å². The number of carbonyl (C=O) groups excluding carboxylic acids is 1. The Kier molecular flexibility index (Phi) is 6.16. The Morgan fingerprint density at radius 1 is 1.02 bits per heavy atom. The van der Waals surface area contributed by atoms with Crippen LogP contribution >= 0.6 is 0 Å². The molecule has 0 bridgehead atoms. The Morgan fingerprint density at radius 3 is 2.75 bits per heavy atom. The first-order valence-corrected chi connectivity index (χ1v) is 14.0. The summed E-state index contributed by atoms with van der Waals surface area (Å²) < 4.78 is 11.0. The highest BCUT2D eigenvalue weighted by Crippen LogP contribution is 2.35. The van der Waals surface area contributed by atoms with Gasteiger partial charge in [0.05, 0.1) is 49.1 Å². The van der Waals surface area contributed by atoms with Crippen molar-refractivity contribution in [2.75, 3.05) is 18.1 Å². The van der Waals surface area contributed by atoms with Crippen molar-refractivity contribution in [3.63, 3.8) is 0 Å². The van der Waals surface area contributed by atoms with Gasteiger partial charge in [-0.3, -0.25) is 14.3 Å². The van der Waals surface area contributed by atoms with Crippen LogP contribution in [0.3, 0.4) is 0 Å². The number of benzene rings is 1. The summed E-state index contributed by atoms with van der Waals surface area (Å²) in [5, 5.41) is 19.8. The molecule has 1 N–H and O–H groups in total. The van der Waals surface area contributed by atoms with Crippen molar-refractivity contribution < 1.29 is 14.6 Å². The molecule has 1 aliphatic carbocycles. The Bertz CT molecular complexity index is 1670. The first-order chi connectivity index (χ1) is 19.5. The summed E-state index contributed by atoms with van der Waals surface area (Å²) in [6.45, 7) is 2.84. The Morgan fingerprint density at radius 2 is 1.90 bits per heavy atom. The van der Waals surface area contributed by atoms with Gasteiger partial charge in [0, 0.05) is 48.9 Å². The van der Waals surface area contributed by atoms with Crippen LogP contribution in [0.5, 0.6) is 0 Å². The van der Waals surface area contributed by atoms with E-state index in [1.165, 1.54) is 15.9 Å². The van der Waals surface area contributed by atoms with Crippen LogP contribution < -0.4 is 10.5 Å². The summed E-state index contributed by atoms with van der Waals surface area (Å²) in [6, 6.07) is 11.5. The average molecular weight is 541 g/mol. The van der Waals surface area contributed by atoms with E-state index in [-0.39, 0.29) is 18.1 Å². The van der Waals surface area contributed by atoms with E-state index in [0.717, 1.165) is 49.3 Å². The van der Waals surface area contributed by atoms with Gasteiger partial charge in [0.15, 0.2) is 0 Å². The summed E-state index contributed by atoms with van der Waals surface area (Å²) in [4.78, 5) is 28.6. The highest BCUT2D eigenvalue weighted by atomic mass is 16.5. The van der Waals surface area contributed by atoms with Crippen LogP contribution in [-0.2, 0) is 57.4 Å². The van der Waals surface area contributed by atoms with E-state index in [2.05, 4.69) is 20.8 Å². The minimum Gasteiger partial charge on any atom is -0.392 e. The number of fused-ring (bicyclic) bond motifs is 4. The van der Waals surface area contributed by atoms with Crippen molar-refractivity contribution in [2.45, 2.75) is 58.4 Å². The molecule has 0 spiro atoms. The molecule has 0 unspecified atom stereocenters. The topological polar surface area (TPSA) is 107 Å². The van der Waals surface area contributed by atoms with Crippen LogP contribution in [0.1, 0.15) is 57.1 Å². The van der Waals surface area contributed by atoms with Crippen molar-refractivity contribution in [3.05, 3.63) is 86.2 Å². The smallest absolute Gasteiger partial charge is 0.274 e. The van der Waals surface area contributed by atoms with Crippen LogP contribution in [0.2, 0.25) is 0 Å². The number of amides is 1. The number of hydrogen-bond acceptors (Lipinski definition) is 6. The second-order valence-electron chi connectivity index (χ2n) is 10.8. The van der Waals surface area contributed by atoms with Crippen molar-refractivity contribution >= 4 is 11.6 Å². The van der Waals surface area contributed by atoms with Crippen molar-refractivity contribution in [2.24, 2.45) is 7.05 Å². The van der Waals surface area contributed by atoms with Gasteiger partial charge < -0.3 is 19.3 Å². The van der Waals surface area contributed by atoms with E-state index in [1.807, 2.05) is 28.9 Å². The summed E-state index contributed by atoms with van der Waals surface area (Å²) >= 11 is 0. The summed E-state index contributed by atoms with van der Waals surface area (Å²) in [5.41, 5.74) is 8.06. The highest BCUT2D eigenvalue weighted by Gasteiger charge is 2.31. The monoisotopic (exact) mass is 540 g/mol. The first-order valence-electron chi connectivity index (χ1n) is 14.0. The van der Waals surface area contributed by atoms with E-state index in [0.29, 0.717) is 60.8 Å². The minimum atomic E-state index is -0.263. The van der Waals surface area contributed by atoms with Crippen LogP contribution in [0.15, 0.2) is 41.2 Å². The molecular weight excluding hydrogens is 508 g/mol. The van der Waals surface area contributed by atoms with Crippen LogP contribution in [-0.4, -0.2) is 48.3 Å². The van der Waals surface area contributed by atoms with Gasteiger partial charge in [0.1, 0.15) is 5.69 Å². The molecule has 0 radical (unpaired) electrons. The molecule has 0 saturated carbocycles. The van der Waals surface area contributed by atoms with Crippen molar-refractivity contribution in [1.82, 2.24) is 24.1 Å². The van der Waals surface area contributed by atoms with Crippen molar-refractivity contribution in [3.8, 4) is 11.3 Å². The normalized spacial score (nSPS) is 16.6. The molecule has 7 rings (SSSR count). The zero-order chi connectivity index (χ0) is 27.4. The molecule has 10 nitrogen and oxygen atoms in total. The van der Waals surface area contributed by atoms with Gasteiger partial charge in [0.25, 0.3) is 11.5 Å². The number of anilines is 1. The largest absolute Gasteiger partial charge is 0.392 e. The van der Waals surface area contributed by atoms with E-state index in [1.54, 1.807) is 18.0 Å². The quantitative estimate of drug-likeness (QED) is 0.417. The minimum absolute atomic E-state index is 0.0469. The third kappa shape index (κ3) is 4.10. The molecule has 3 aliphatic rings. The maximum atomic E-state index is 13.7. The average Bonchev–Trinajstić information content (AvgIpc) is 3.56. The lowest BCUT2D eigenvalue weighted by molar-refractivity contribution is 0.0800. The summed E-state index contributed by atoms with van der Waals surface area (Å²) in [5.74, 6) is -0.0469. The number of aryl methyl sites for hydroxylation is 2. The molecular formula is C30H32N6O4. The molecule has 5 heterocycles. The maximum absolute atomic E-state index is 13.7. The van der Waals surface area contributed by atoms with Gasteiger partial charge in [0.2, 0.25) is 0 Å². The van der Waals surface area contributed by atoms with Crippen LogP contribution in [0, 0.1) is 0 Å². The molecule has 0 saturated heterocycles. The SMILES string of the molecule is Cn1nc(-c2cccc(N3CCn4c(cc5c4CCCC5)C3=O)c2CO)cc(Cc2cc3n(n2)CCOC3)c1=O.